The van der Waals surface area contributed by atoms with Gasteiger partial charge in [0.15, 0.2) is 17.3 Å². The number of fused-ring (bicyclic) bond motifs is 3. The normalized spacial score (nSPS) is 8.94. The Morgan fingerprint density at radius 2 is 0.558 bits per heavy atom. The molecule has 0 N–H and O–H groups in total. The van der Waals surface area contributed by atoms with Gasteiger partial charge in [0.1, 0.15) is 33.4 Å². The molecule has 0 spiro atoms. The van der Waals surface area contributed by atoms with Crippen LogP contribution in [0.2, 0.25) is 0 Å². The van der Waals surface area contributed by atoms with Crippen LogP contribution in [0.25, 0.3) is 32.9 Å². The molecule has 0 unspecified atom stereocenters. The fraction of sp³-hybridized carbons (Fsp3) is 0.302. The molecule has 280 valence electrons. The first kappa shape index (κ1) is 48.4. The van der Waals surface area contributed by atoms with Gasteiger partial charge in [-0.15, -0.1) is 0 Å². The van der Waals surface area contributed by atoms with Crippen molar-refractivity contribution in [2.45, 2.75) is 90.0 Å². The molecule has 6 rings (SSSR count). The van der Waals surface area contributed by atoms with E-state index in [0.717, 1.165) is 16.2 Å². The molecular weight excluding hydrogens is 660 g/mol. The zero-order valence-corrected chi connectivity index (χ0v) is 32.8. The van der Waals surface area contributed by atoms with Gasteiger partial charge in [-0.25, -0.2) is 14.4 Å². The van der Waals surface area contributed by atoms with Gasteiger partial charge < -0.3 is 13.3 Å². The van der Waals surface area contributed by atoms with Crippen molar-refractivity contribution in [3.05, 3.63) is 139 Å². The van der Waals surface area contributed by atoms with Crippen LogP contribution in [-0.4, -0.2) is 17.3 Å². The number of benzene rings is 3. The van der Waals surface area contributed by atoms with Crippen molar-refractivity contribution in [1.29, 1.82) is 0 Å². The predicted octanol–water partition coefficient (Wildman–Crippen LogP) is 11.1. The largest absolute Gasteiger partial charge is 0.422 e. The van der Waals surface area contributed by atoms with Crippen LogP contribution >= 0.6 is 0 Å². The molecule has 0 fully saturated rings. The second kappa shape index (κ2) is 27.1. The van der Waals surface area contributed by atoms with Gasteiger partial charge in [-0.1, -0.05) is 124 Å². The van der Waals surface area contributed by atoms with E-state index in [4.69, 9.17) is 13.3 Å². The first-order chi connectivity index (χ1) is 25.0. The third-order valence-corrected chi connectivity index (χ3v) is 6.06. The Morgan fingerprint density at radius 1 is 0.365 bits per heavy atom. The Balaban J connectivity index is 0. The van der Waals surface area contributed by atoms with Crippen molar-refractivity contribution in [1.82, 2.24) is 0 Å². The molecule has 3 aromatic carbocycles. The predicted molar refractivity (Wildman–Crippen MR) is 214 cm³/mol. The highest BCUT2D eigenvalue weighted by Crippen LogP contribution is 2.14. The van der Waals surface area contributed by atoms with Crippen LogP contribution in [0.15, 0.2) is 119 Å². The lowest BCUT2D eigenvalue weighted by Crippen LogP contribution is -2.10. The summed E-state index contributed by atoms with van der Waals surface area (Å²) in [6, 6.07) is 26.0. The van der Waals surface area contributed by atoms with Gasteiger partial charge in [0.25, 0.3) is 0 Å². The van der Waals surface area contributed by atoms with Crippen LogP contribution in [0, 0.1) is 0 Å². The zero-order chi connectivity index (χ0) is 40.4. The summed E-state index contributed by atoms with van der Waals surface area (Å²) in [7, 11) is 0. The van der Waals surface area contributed by atoms with Crippen LogP contribution in [0.1, 0.15) is 121 Å². The van der Waals surface area contributed by atoms with Crippen LogP contribution in [-0.2, 0) is 0 Å². The average molecular weight is 715 g/mol. The maximum absolute atomic E-state index is 11.3. The van der Waals surface area contributed by atoms with Gasteiger partial charge in [0, 0.05) is 16.2 Å². The minimum Gasteiger partial charge on any atom is -0.422 e. The van der Waals surface area contributed by atoms with Gasteiger partial charge in [0.05, 0.1) is 0 Å². The monoisotopic (exact) mass is 714 g/mol. The van der Waals surface area contributed by atoms with Crippen molar-refractivity contribution in [2.75, 3.05) is 0 Å². The number of hydrogen-bond acceptors (Lipinski definition) is 9. The van der Waals surface area contributed by atoms with Crippen LogP contribution < -0.4 is 16.9 Å². The number of hydrogen-bond donors (Lipinski definition) is 0. The Labute approximate surface area is 306 Å². The molecule has 0 aliphatic rings. The van der Waals surface area contributed by atoms with Crippen molar-refractivity contribution >= 4 is 50.3 Å². The number of Topliss-reactive ketones (excluding diaryl/α,β-unsaturated/α-hetero) is 3. The summed E-state index contributed by atoms with van der Waals surface area (Å²) in [5.41, 5.74) is 0.0900. The molecule has 0 aliphatic carbocycles. The third kappa shape index (κ3) is 14.6. The first-order valence-corrected chi connectivity index (χ1v) is 17.7. The van der Waals surface area contributed by atoms with Crippen LogP contribution in [0.3, 0.4) is 0 Å². The quantitative estimate of drug-likeness (QED) is 0.129. The number of carbonyl (C=O) groups is 3. The molecule has 0 amide bonds. The average Bonchev–Trinajstić information content (AvgIpc) is 3.18. The summed E-state index contributed by atoms with van der Waals surface area (Å²) < 4.78 is 14.9. The van der Waals surface area contributed by atoms with E-state index in [1.54, 1.807) is 72.8 Å². The van der Waals surface area contributed by atoms with Crippen molar-refractivity contribution in [3.63, 3.8) is 0 Å². The fourth-order valence-electron chi connectivity index (χ4n) is 3.92. The SMILES string of the molecule is CC.CC.CC.CC.CC.CC(=O)c1cc2ccccc2oc1=O.CC(=O)c1cc2ccccc2oc1=O.CC(=O)c1cc2ccccc2oc1=O. The minimum atomic E-state index is -0.573. The van der Waals surface area contributed by atoms with E-state index < -0.39 is 16.9 Å². The van der Waals surface area contributed by atoms with Crippen LogP contribution in [0.4, 0.5) is 0 Å². The first-order valence-electron chi connectivity index (χ1n) is 17.7. The maximum Gasteiger partial charge on any atom is 0.347 e. The van der Waals surface area contributed by atoms with Gasteiger partial charge in [-0.05, 0) is 57.2 Å². The van der Waals surface area contributed by atoms with Gasteiger partial charge >= 0.3 is 16.9 Å². The molecule has 0 atom stereocenters. The summed E-state index contributed by atoms with van der Waals surface area (Å²) in [4.78, 5) is 67.0. The number of carbonyl (C=O) groups excluding carboxylic acids is 3. The number of ketones is 3. The second-order valence-corrected chi connectivity index (χ2v) is 9.12. The topological polar surface area (TPSA) is 142 Å². The molecular formula is C43H54O9. The molecule has 0 radical (unpaired) electrons. The molecule has 0 saturated heterocycles. The Morgan fingerprint density at radius 3 is 0.750 bits per heavy atom. The highest BCUT2D eigenvalue weighted by Gasteiger charge is 2.10. The molecule has 9 heteroatoms. The minimum absolute atomic E-state index is 0.101. The van der Waals surface area contributed by atoms with E-state index in [0.29, 0.717) is 16.7 Å². The van der Waals surface area contributed by atoms with Crippen molar-refractivity contribution in [2.24, 2.45) is 0 Å². The summed E-state index contributed by atoms with van der Waals surface area (Å²) in [5, 5.41) is 2.28. The summed E-state index contributed by atoms with van der Waals surface area (Å²) in [6.07, 6.45) is 0. The van der Waals surface area contributed by atoms with E-state index in [1.807, 2.05) is 87.4 Å². The fourth-order valence-corrected chi connectivity index (χ4v) is 3.92. The lowest BCUT2D eigenvalue weighted by molar-refractivity contribution is 0.100. The summed E-state index contributed by atoms with van der Waals surface area (Å²) in [6.45, 7) is 24.0. The van der Waals surface area contributed by atoms with Crippen molar-refractivity contribution in [3.8, 4) is 0 Å². The highest BCUT2D eigenvalue weighted by atomic mass is 16.4. The second-order valence-electron chi connectivity index (χ2n) is 9.12. The highest BCUT2D eigenvalue weighted by molar-refractivity contribution is 5.97. The van der Waals surface area contributed by atoms with E-state index in [9.17, 15) is 28.8 Å². The van der Waals surface area contributed by atoms with Crippen LogP contribution in [0.5, 0.6) is 0 Å². The molecule has 0 aliphatic heterocycles. The molecule has 0 bridgehead atoms. The molecule has 9 nitrogen and oxygen atoms in total. The molecule has 6 aromatic rings. The van der Waals surface area contributed by atoms with E-state index in [2.05, 4.69) is 0 Å². The van der Waals surface area contributed by atoms with Gasteiger partial charge in [0.2, 0.25) is 0 Å². The Hall–Kier alpha value is -5.70. The molecule has 3 heterocycles. The lowest BCUT2D eigenvalue weighted by atomic mass is 10.1. The summed E-state index contributed by atoms with van der Waals surface area (Å²) in [5.74, 6) is -0.821. The molecule has 3 aromatic heterocycles. The summed E-state index contributed by atoms with van der Waals surface area (Å²) >= 11 is 0. The molecule has 0 saturated carbocycles. The zero-order valence-electron chi connectivity index (χ0n) is 32.8. The lowest BCUT2D eigenvalue weighted by Gasteiger charge is -1.97. The van der Waals surface area contributed by atoms with Gasteiger partial charge in [-0.2, -0.15) is 0 Å². The number of rotatable bonds is 3. The number of para-hydroxylation sites is 3. The van der Waals surface area contributed by atoms with E-state index in [1.165, 1.54) is 20.8 Å². The van der Waals surface area contributed by atoms with Gasteiger partial charge in [-0.3, -0.25) is 14.4 Å². The smallest absolute Gasteiger partial charge is 0.347 e. The Bertz CT molecular complexity index is 1900. The third-order valence-electron chi connectivity index (χ3n) is 6.06. The van der Waals surface area contributed by atoms with E-state index in [-0.39, 0.29) is 34.0 Å². The standard InChI is InChI=1S/3C11H8O3.5C2H6/c3*1-7(12)9-6-8-4-2-3-5-10(8)14-11(9)13;5*1-2/h3*2-6H,1H3;5*1-2H3. The van der Waals surface area contributed by atoms with Crippen molar-refractivity contribution < 1.29 is 27.6 Å². The molecule has 52 heavy (non-hydrogen) atoms. The Kier molecular flexibility index (Phi) is 25.2. The van der Waals surface area contributed by atoms with E-state index >= 15 is 0 Å². The maximum atomic E-state index is 11.3.